The van der Waals surface area contributed by atoms with Crippen molar-refractivity contribution in [2.24, 2.45) is 0 Å². The van der Waals surface area contributed by atoms with Crippen molar-refractivity contribution >= 4 is 76.1 Å². The summed E-state index contributed by atoms with van der Waals surface area (Å²) in [6.45, 7) is 0. The molecule has 0 aliphatic rings. The molecule has 0 saturated carbocycles. The van der Waals surface area contributed by atoms with Crippen LogP contribution in [0.3, 0.4) is 0 Å². The van der Waals surface area contributed by atoms with E-state index in [0.29, 0.717) is 0 Å². The van der Waals surface area contributed by atoms with Crippen LogP contribution in [0.15, 0.2) is 126 Å². The van der Waals surface area contributed by atoms with Crippen LogP contribution in [0.1, 0.15) is 0 Å². The van der Waals surface area contributed by atoms with Gasteiger partial charge in [-0.25, -0.2) is 4.98 Å². The van der Waals surface area contributed by atoms with Crippen LogP contribution in [0.2, 0.25) is 0 Å². The zero-order chi connectivity index (χ0) is 25.5. The lowest BCUT2D eigenvalue weighted by Gasteiger charge is -2.13. The highest BCUT2D eigenvalue weighted by Gasteiger charge is 2.18. The smallest absolute Gasteiger partial charge is 0.137 e. The predicted molar refractivity (Wildman–Crippen MR) is 164 cm³/mol. The van der Waals surface area contributed by atoms with E-state index in [-0.39, 0.29) is 0 Å². The van der Waals surface area contributed by atoms with Crippen LogP contribution in [0.4, 0.5) is 0 Å². The van der Waals surface area contributed by atoms with Crippen molar-refractivity contribution in [1.82, 2.24) is 9.55 Å². The van der Waals surface area contributed by atoms with Gasteiger partial charge in [-0.2, -0.15) is 0 Å². The molecule has 6 aromatic carbocycles. The number of hydrogen-bond acceptors (Lipinski definition) is 3. The Balaban J connectivity index is 1.33. The Bertz CT molecular complexity index is 2350. The van der Waals surface area contributed by atoms with E-state index in [0.717, 1.165) is 38.0 Å². The van der Waals surface area contributed by atoms with Gasteiger partial charge in [0.25, 0.3) is 0 Å². The fourth-order valence-corrected chi connectivity index (χ4v) is 7.31. The van der Waals surface area contributed by atoms with E-state index in [9.17, 15) is 0 Å². The molecule has 0 saturated heterocycles. The largest absolute Gasteiger partial charge is 0.456 e. The van der Waals surface area contributed by atoms with E-state index in [1.165, 1.54) is 43.0 Å². The molecule has 0 unspecified atom stereocenters. The number of benzene rings is 6. The third-order valence-corrected chi connectivity index (χ3v) is 8.97. The summed E-state index contributed by atoms with van der Waals surface area (Å²) in [5.74, 6) is 0. The molecule has 0 spiro atoms. The molecular formula is C35H20N2OS. The lowest BCUT2D eigenvalue weighted by atomic mass is 10.0. The SMILES string of the molecule is c1ccc2c(c1)oc1ccc3nc(-c4ccc(-n5c6ccccc6c6ccccc65)c5ccccc45)sc3c12. The lowest BCUT2D eigenvalue weighted by Crippen LogP contribution is -1.96. The number of nitrogens with zero attached hydrogens (tertiary/aromatic N) is 2. The van der Waals surface area contributed by atoms with E-state index in [2.05, 4.69) is 108 Å². The maximum absolute atomic E-state index is 6.15. The number of para-hydroxylation sites is 3. The van der Waals surface area contributed by atoms with Gasteiger partial charge < -0.3 is 8.98 Å². The van der Waals surface area contributed by atoms with Gasteiger partial charge in [-0.3, -0.25) is 0 Å². The lowest BCUT2D eigenvalue weighted by molar-refractivity contribution is 0.669. The van der Waals surface area contributed by atoms with Crippen LogP contribution >= 0.6 is 11.3 Å². The number of furan rings is 1. The molecule has 3 nitrogen and oxygen atoms in total. The van der Waals surface area contributed by atoms with Crippen LogP contribution < -0.4 is 0 Å². The average Bonchev–Trinajstić information content (AvgIpc) is 3.68. The highest BCUT2D eigenvalue weighted by Crippen LogP contribution is 2.43. The molecular weight excluding hydrogens is 496 g/mol. The van der Waals surface area contributed by atoms with Gasteiger partial charge in [0.1, 0.15) is 16.2 Å². The Morgan fingerprint density at radius 3 is 1.95 bits per heavy atom. The minimum absolute atomic E-state index is 0.908. The van der Waals surface area contributed by atoms with Crippen LogP contribution in [-0.4, -0.2) is 9.55 Å². The Morgan fingerprint density at radius 1 is 0.538 bits per heavy atom. The Hall–Kier alpha value is -4.93. The molecule has 0 aliphatic heterocycles. The Kier molecular flexibility index (Phi) is 4.21. The van der Waals surface area contributed by atoms with Gasteiger partial charge in [0.2, 0.25) is 0 Å². The second kappa shape index (κ2) is 7.79. The first-order valence-corrected chi connectivity index (χ1v) is 13.9. The summed E-state index contributed by atoms with van der Waals surface area (Å²) in [5.41, 5.74) is 7.58. The van der Waals surface area contributed by atoms with Crippen molar-refractivity contribution in [2.75, 3.05) is 0 Å². The molecule has 0 amide bonds. The van der Waals surface area contributed by atoms with Crippen LogP contribution in [0.5, 0.6) is 0 Å². The van der Waals surface area contributed by atoms with Gasteiger partial charge in [-0.15, -0.1) is 11.3 Å². The zero-order valence-corrected chi connectivity index (χ0v) is 21.6. The first-order chi connectivity index (χ1) is 19.3. The molecule has 9 rings (SSSR count). The van der Waals surface area contributed by atoms with Gasteiger partial charge in [0.15, 0.2) is 0 Å². The molecule has 0 radical (unpaired) electrons. The molecule has 0 aliphatic carbocycles. The van der Waals surface area contributed by atoms with Crippen molar-refractivity contribution in [2.45, 2.75) is 0 Å². The molecule has 9 aromatic rings. The summed E-state index contributed by atoms with van der Waals surface area (Å²) in [5, 5.41) is 8.25. The number of thiazole rings is 1. The van der Waals surface area contributed by atoms with Crippen LogP contribution in [0, 0.1) is 0 Å². The highest BCUT2D eigenvalue weighted by molar-refractivity contribution is 7.22. The highest BCUT2D eigenvalue weighted by atomic mass is 32.1. The Labute approximate surface area is 227 Å². The molecule has 4 heteroatoms. The van der Waals surface area contributed by atoms with Crippen LogP contribution in [-0.2, 0) is 0 Å². The van der Waals surface area contributed by atoms with Gasteiger partial charge in [0.05, 0.1) is 26.9 Å². The molecule has 0 atom stereocenters. The van der Waals surface area contributed by atoms with E-state index in [1.807, 2.05) is 18.2 Å². The average molecular weight is 517 g/mol. The number of rotatable bonds is 2. The van der Waals surface area contributed by atoms with Crippen molar-refractivity contribution in [3.63, 3.8) is 0 Å². The van der Waals surface area contributed by atoms with Crippen molar-refractivity contribution in [3.8, 4) is 16.3 Å². The van der Waals surface area contributed by atoms with E-state index in [1.54, 1.807) is 11.3 Å². The summed E-state index contributed by atoms with van der Waals surface area (Å²) < 4.78 is 9.72. The van der Waals surface area contributed by atoms with E-state index < -0.39 is 0 Å². The predicted octanol–water partition coefficient (Wildman–Crippen LogP) is 10.1. The number of aromatic nitrogens is 2. The van der Waals surface area contributed by atoms with E-state index >= 15 is 0 Å². The van der Waals surface area contributed by atoms with Crippen molar-refractivity contribution in [3.05, 3.63) is 121 Å². The second-order valence-electron chi connectivity index (χ2n) is 9.95. The molecule has 0 N–H and O–H groups in total. The molecule has 182 valence electrons. The zero-order valence-electron chi connectivity index (χ0n) is 20.8. The fourth-order valence-electron chi connectivity index (χ4n) is 6.16. The molecule has 39 heavy (non-hydrogen) atoms. The first-order valence-electron chi connectivity index (χ1n) is 13.1. The molecule has 0 bridgehead atoms. The van der Waals surface area contributed by atoms with E-state index in [4.69, 9.17) is 9.40 Å². The summed E-state index contributed by atoms with van der Waals surface area (Å²) in [6, 6.07) is 42.9. The third kappa shape index (κ3) is 2.89. The normalized spacial score (nSPS) is 12.1. The summed E-state index contributed by atoms with van der Waals surface area (Å²) in [6.07, 6.45) is 0. The minimum Gasteiger partial charge on any atom is -0.456 e. The fraction of sp³-hybridized carbons (Fsp3) is 0. The quantitative estimate of drug-likeness (QED) is 0.229. The van der Waals surface area contributed by atoms with Gasteiger partial charge >= 0.3 is 0 Å². The number of hydrogen-bond donors (Lipinski definition) is 0. The third-order valence-electron chi connectivity index (χ3n) is 7.85. The molecule has 3 heterocycles. The van der Waals surface area contributed by atoms with Crippen molar-refractivity contribution < 1.29 is 4.42 Å². The molecule has 3 aromatic heterocycles. The molecule has 0 fully saturated rings. The van der Waals surface area contributed by atoms with Gasteiger partial charge in [-0.1, -0.05) is 78.9 Å². The maximum atomic E-state index is 6.15. The number of fused-ring (bicyclic) bond motifs is 9. The van der Waals surface area contributed by atoms with Gasteiger partial charge in [0, 0.05) is 32.5 Å². The summed E-state index contributed by atoms with van der Waals surface area (Å²) >= 11 is 1.74. The minimum atomic E-state index is 0.908. The topological polar surface area (TPSA) is 31.0 Å². The summed E-state index contributed by atoms with van der Waals surface area (Å²) in [7, 11) is 0. The van der Waals surface area contributed by atoms with Crippen LogP contribution in [0.25, 0.3) is 81.0 Å². The monoisotopic (exact) mass is 516 g/mol. The van der Waals surface area contributed by atoms with Gasteiger partial charge in [-0.05, 0) is 47.9 Å². The second-order valence-corrected chi connectivity index (χ2v) is 11.0. The Morgan fingerprint density at radius 2 is 1.18 bits per heavy atom. The standard InChI is InChI=1S/C35H20N2OS/c1-2-10-22-21(9-1)25(17-19-30(22)37-28-14-6-3-11-23(28)24-12-4-7-15-29(24)37)35-36-27-18-20-32-33(34(27)39-35)26-13-5-8-16-31(26)38-32/h1-20H. The summed E-state index contributed by atoms with van der Waals surface area (Å²) in [4.78, 5) is 5.13. The first kappa shape index (κ1) is 21.1. The van der Waals surface area contributed by atoms with Crippen molar-refractivity contribution in [1.29, 1.82) is 0 Å². The maximum Gasteiger partial charge on any atom is 0.137 e.